The van der Waals surface area contributed by atoms with Gasteiger partial charge in [-0.2, -0.15) is 0 Å². The van der Waals surface area contributed by atoms with E-state index in [1.807, 2.05) is 73.2 Å². The Morgan fingerprint density at radius 3 is 2.29 bits per heavy atom. The molecule has 1 N–H and O–H groups in total. The van der Waals surface area contributed by atoms with Crippen LogP contribution in [0.3, 0.4) is 0 Å². The molecular weight excluding hydrogens is 570 g/mol. The fourth-order valence-electron chi connectivity index (χ4n) is 7.99. The topological polar surface area (TPSA) is 98.6 Å². The van der Waals surface area contributed by atoms with Gasteiger partial charge < -0.3 is 34.0 Å². The molecule has 0 radical (unpaired) electrons. The second-order valence-corrected chi connectivity index (χ2v) is 14.6. The first-order valence-electron chi connectivity index (χ1n) is 16.7. The number of aliphatic hydroxyl groups is 1. The molecular formula is C35H49N5O5. The number of rotatable bonds is 4. The van der Waals surface area contributed by atoms with Crippen molar-refractivity contribution in [3.05, 3.63) is 64.6 Å². The quantitative estimate of drug-likeness (QED) is 0.525. The predicted octanol–water partition coefficient (Wildman–Crippen LogP) is 4.86. The molecule has 1 aromatic carbocycles. The first-order valence-corrected chi connectivity index (χ1v) is 16.7. The molecule has 1 aromatic heterocycles. The predicted molar refractivity (Wildman–Crippen MR) is 173 cm³/mol. The molecule has 244 valence electrons. The monoisotopic (exact) mass is 619 g/mol. The van der Waals surface area contributed by atoms with Gasteiger partial charge in [0.25, 0.3) is 5.56 Å². The zero-order valence-corrected chi connectivity index (χ0v) is 27.1. The minimum atomic E-state index is -1.09. The maximum Gasteiger partial charge on any atom is 0.410 e. The standard InChI is InChI=1S/C35H49N5O5/c1-33(2,3)45-32(43)37-21-22-40(29(24-37)27-11-5-4-6-12-27)31(42)39-20-16-35(44,34(25-39)14-7-8-15-34)26-38-19-13-28(23-30(38)41)36-17-9-10-18-36/h4-6,11-13,19,23,29,44H,7-10,14-18,20-22,24-26H2,1-3H3/t29-,35+/m0/s1. The van der Waals surface area contributed by atoms with Gasteiger partial charge in [0.15, 0.2) is 0 Å². The Kier molecular flexibility index (Phi) is 8.63. The van der Waals surface area contributed by atoms with Gasteiger partial charge in [-0.1, -0.05) is 43.2 Å². The number of ether oxygens (including phenoxy) is 1. The maximum atomic E-state index is 14.3. The lowest BCUT2D eigenvalue weighted by Gasteiger charge is -2.53. The van der Waals surface area contributed by atoms with E-state index in [-0.39, 0.29) is 30.3 Å². The van der Waals surface area contributed by atoms with E-state index in [0.29, 0.717) is 39.1 Å². The molecule has 4 heterocycles. The van der Waals surface area contributed by atoms with Crippen LogP contribution in [0, 0.1) is 5.41 Å². The number of piperidine rings is 1. The summed E-state index contributed by atoms with van der Waals surface area (Å²) in [5.74, 6) is 0. The summed E-state index contributed by atoms with van der Waals surface area (Å²) in [6.45, 7) is 9.75. The number of urea groups is 1. The molecule has 0 unspecified atom stereocenters. The van der Waals surface area contributed by atoms with Crippen molar-refractivity contribution in [3.63, 3.8) is 0 Å². The maximum absolute atomic E-state index is 14.3. The van der Waals surface area contributed by atoms with Crippen LogP contribution in [0.4, 0.5) is 15.3 Å². The molecule has 6 rings (SSSR count). The van der Waals surface area contributed by atoms with Gasteiger partial charge in [0.1, 0.15) is 5.60 Å². The van der Waals surface area contributed by atoms with Gasteiger partial charge >= 0.3 is 12.1 Å². The van der Waals surface area contributed by atoms with Crippen molar-refractivity contribution >= 4 is 17.8 Å². The Morgan fingerprint density at radius 1 is 0.911 bits per heavy atom. The van der Waals surface area contributed by atoms with Gasteiger partial charge in [0.2, 0.25) is 0 Å². The molecule has 2 aromatic rings. The molecule has 1 spiro atoms. The molecule has 1 aliphatic carbocycles. The lowest BCUT2D eigenvalue weighted by molar-refractivity contribution is -0.137. The number of hydrogen-bond acceptors (Lipinski definition) is 6. The molecule has 3 amide bonds. The zero-order valence-electron chi connectivity index (χ0n) is 27.1. The van der Waals surface area contributed by atoms with Crippen molar-refractivity contribution < 1.29 is 19.4 Å². The van der Waals surface area contributed by atoms with Gasteiger partial charge in [-0.3, -0.25) is 4.79 Å². The van der Waals surface area contributed by atoms with E-state index < -0.39 is 16.6 Å². The van der Waals surface area contributed by atoms with Crippen molar-refractivity contribution in [2.45, 2.75) is 89.5 Å². The van der Waals surface area contributed by atoms with Crippen LogP contribution in [0.15, 0.2) is 53.5 Å². The Labute approximate surface area is 266 Å². The third kappa shape index (κ3) is 6.44. The minimum absolute atomic E-state index is 0.0619. The Morgan fingerprint density at radius 2 is 1.62 bits per heavy atom. The average Bonchev–Trinajstić information content (AvgIpc) is 3.73. The van der Waals surface area contributed by atoms with Crippen LogP contribution in [0.1, 0.15) is 77.3 Å². The first-order chi connectivity index (χ1) is 21.5. The van der Waals surface area contributed by atoms with Crippen molar-refractivity contribution in [3.8, 4) is 0 Å². The highest BCUT2D eigenvalue weighted by Crippen LogP contribution is 2.52. The van der Waals surface area contributed by atoms with Crippen molar-refractivity contribution in [1.82, 2.24) is 19.3 Å². The van der Waals surface area contributed by atoms with E-state index >= 15 is 0 Å². The minimum Gasteiger partial charge on any atom is -0.444 e. The highest BCUT2D eigenvalue weighted by Gasteiger charge is 2.56. The van der Waals surface area contributed by atoms with Gasteiger partial charge in [-0.05, 0) is 64.5 Å². The number of benzene rings is 1. The number of carbonyl (C=O) groups is 2. The highest BCUT2D eigenvalue weighted by molar-refractivity contribution is 5.76. The number of amides is 3. The summed E-state index contributed by atoms with van der Waals surface area (Å²) in [4.78, 5) is 48.3. The van der Waals surface area contributed by atoms with Crippen LogP contribution >= 0.6 is 0 Å². The molecule has 0 bridgehead atoms. The number of aromatic nitrogens is 1. The molecule has 3 saturated heterocycles. The SMILES string of the molecule is CC(C)(C)OC(=O)N1CCN(C(=O)N2CC[C@@](O)(Cn3ccc(N4CCCC4)cc3=O)C3(CCCC3)C2)[C@H](c2ccccc2)C1. The smallest absolute Gasteiger partial charge is 0.410 e. The Balaban J connectivity index is 1.20. The van der Waals surface area contributed by atoms with Gasteiger partial charge in [0.05, 0.1) is 18.2 Å². The lowest BCUT2D eigenvalue weighted by atomic mass is 9.66. The molecule has 10 nitrogen and oxygen atoms in total. The van der Waals surface area contributed by atoms with Crippen LogP contribution in [0.25, 0.3) is 0 Å². The fourth-order valence-corrected chi connectivity index (χ4v) is 7.99. The van der Waals surface area contributed by atoms with Crippen LogP contribution in [0.2, 0.25) is 0 Å². The average molecular weight is 620 g/mol. The fraction of sp³-hybridized carbons (Fsp3) is 0.629. The number of pyridine rings is 1. The number of likely N-dealkylation sites (tertiary alicyclic amines) is 1. The summed E-state index contributed by atoms with van der Waals surface area (Å²) in [7, 11) is 0. The summed E-state index contributed by atoms with van der Waals surface area (Å²) in [6, 6.07) is 13.2. The van der Waals surface area contributed by atoms with Crippen LogP contribution < -0.4 is 10.5 Å². The Bertz CT molecular complexity index is 1430. The van der Waals surface area contributed by atoms with Crippen molar-refractivity contribution in [1.29, 1.82) is 0 Å². The van der Waals surface area contributed by atoms with Crippen molar-refractivity contribution in [2.75, 3.05) is 50.7 Å². The summed E-state index contributed by atoms with van der Waals surface area (Å²) in [6.07, 6.45) is 7.80. The molecule has 2 atom stereocenters. The van der Waals surface area contributed by atoms with E-state index in [0.717, 1.165) is 62.9 Å². The third-order valence-corrected chi connectivity index (χ3v) is 10.5. The number of piperazine rings is 1. The summed E-state index contributed by atoms with van der Waals surface area (Å²) in [5.41, 5.74) is -0.334. The second-order valence-electron chi connectivity index (χ2n) is 14.6. The first kappa shape index (κ1) is 31.5. The van der Waals surface area contributed by atoms with E-state index in [1.165, 1.54) is 0 Å². The summed E-state index contributed by atoms with van der Waals surface area (Å²) < 4.78 is 7.33. The molecule has 4 aliphatic rings. The molecule has 3 aliphatic heterocycles. The molecule has 1 saturated carbocycles. The van der Waals surface area contributed by atoms with Crippen LogP contribution in [-0.2, 0) is 11.3 Å². The van der Waals surface area contributed by atoms with E-state index in [9.17, 15) is 19.5 Å². The molecule has 45 heavy (non-hydrogen) atoms. The van der Waals surface area contributed by atoms with Crippen LogP contribution in [-0.4, -0.2) is 93.5 Å². The van der Waals surface area contributed by atoms with Gasteiger partial charge in [-0.15, -0.1) is 0 Å². The summed E-state index contributed by atoms with van der Waals surface area (Å²) >= 11 is 0. The molecule has 4 fully saturated rings. The number of nitrogens with zero attached hydrogens (tertiary/aromatic N) is 5. The summed E-state index contributed by atoms with van der Waals surface area (Å²) in [5, 5.41) is 12.3. The number of anilines is 1. The van der Waals surface area contributed by atoms with E-state index in [4.69, 9.17) is 4.74 Å². The normalized spacial score (nSPS) is 25.2. The van der Waals surface area contributed by atoms with Crippen LogP contribution in [0.5, 0.6) is 0 Å². The number of carbonyl (C=O) groups excluding carboxylic acids is 2. The van der Waals surface area contributed by atoms with Gasteiger partial charge in [0, 0.05) is 69.2 Å². The zero-order chi connectivity index (χ0) is 31.8. The van der Waals surface area contributed by atoms with E-state index in [2.05, 4.69) is 4.90 Å². The van der Waals surface area contributed by atoms with Gasteiger partial charge in [-0.25, -0.2) is 9.59 Å². The largest absolute Gasteiger partial charge is 0.444 e. The van der Waals surface area contributed by atoms with Crippen molar-refractivity contribution in [2.24, 2.45) is 5.41 Å². The Hall–Kier alpha value is -3.53. The molecule has 10 heteroatoms. The third-order valence-electron chi connectivity index (χ3n) is 10.5. The second kappa shape index (κ2) is 12.3. The van der Waals surface area contributed by atoms with E-state index in [1.54, 1.807) is 15.5 Å². The number of hydrogen-bond donors (Lipinski definition) is 1. The highest BCUT2D eigenvalue weighted by atomic mass is 16.6. The lowest BCUT2D eigenvalue weighted by Crippen LogP contribution is -2.64.